The fourth-order valence-corrected chi connectivity index (χ4v) is 5.17. The molecule has 3 rings (SSSR count). The number of rotatable bonds is 4. The second-order valence-corrected chi connectivity index (χ2v) is 9.21. The summed E-state index contributed by atoms with van der Waals surface area (Å²) in [5.74, 6) is 0.0124. The maximum absolute atomic E-state index is 12.6. The summed E-state index contributed by atoms with van der Waals surface area (Å²) in [6, 6.07) is 12.9. The molecule has 144 valence electrons. The van der Waals surface area contributed by atoms with E-state index in [-0.39, 0.29) is 17.7 Å². The Morgan fingerprint density at radius 1 is 1.07 bits per heavy atom. The molecular formula is C21H26N2O3S. The third kappa shape index (κ3) is 4.33. The van der Waals surface area contributed by atoms with Gasteiger partial charge in [-0.2, -0.15) is 0 Å². The van der Waals surface area contributed by atoms with Crippen LogP contribution in [0.1, 0.15) is 52.9 Å². The molecule has 27 heavy (non-hydrogen) atoms. The first-order chi connectivity index (χ1) is 12.8. The first-order valence-corrected chi connectivity index (χ1v) is 10.9. The minimum atomic E-state index is -3.24. The average molecular weight is 387 g/mol. The van der Waals surface area contributed by atoms with E-state index in [1.54, 1.807) is 24.3 Å². The molecule has 0 saturated carbocycles. The number of sulfonamides is 1. The predicted octanol–water partition coefficient (Wildman–Crippen LogP) is 3.72. The Morgan fingerprint density at radius 2 is 1.78 bits per heavy atom. The monoisotopic (exact) mass is 386 g/mol. The van der Waals surface area contributed by atoms with Crippen molar-refractivity contribution in [3.63, 3.8) is 0 Å². The molecule has 6 heteroatoms. The summed E-state index contributed by atoms with van der Waals surface area (Å²) >= 11 is 0. The lowest BCUT2D eigenvalue weighted by Crippen LogP contribution is -2.37. The number of nitrogens with one attached hydrogen (secondary N) is 1. The Bertz CT molecular complexity index is 936. The van der Waals surface area contributed by atoms with Gasteiger partial charge in [0.25, 0.3) is 5.91 Å². The van der Waals surface area contributed by atoms with Crippen LogP contribution in [0.25, 0.3) is 0 Å². The van der Waals surface area contributed by atoms with Gasteiger partial charge in [0.1, 0.15) is 0 Å². The maximum atomic E-state index is 12.6. The largest absolute Gasteiger partial charge is 0.346 e. The minimum Gasteiger partial charge on any atom is -0.346 e. The number of hydrogen-bond donors (Lipinski definition) is 1. The number of amides is 1. The quantitative estimate of drug-likeness (QED) is 0.871. The molecule has 1 heterocycles. The summed E-state index contributed by atoms with van der Waals surface area (Å²) in [5.41, 5.74) is 4.56. The maximum Gasteiger partial charge on any atom is 0.251 e. The lowest BCUT2D eigenvalue weighted by molar-refractivity contribution is 0.0940. The van der Waals surface area contributed by atoms with Gasteiger partial charge in [-0.1, -0.05) is 23.8 Å². The van der Waals surface area contributed by atoms with E-state index in [2.05, 4.69) is 11.4 Å². The van der Waals surface area contributed by atoms with Crippen molar-refractivity contribution in [2.75, 3.05) is 16.6 Å². The minimum absolute atomic E-state index is 0.111. The number of benzene rings is 2. The van der Waals surface area contributed by atoms with E-state index in [0.29, 0.717) is 24.2 Å². The van der Waals surface area contributed by atoms with Crippen LogP contribution in [-0.4, -0.2) is 26.6 Å². The first-order valence-electron chi connectivity index (χ1n) is 9.26. The third-order valence-electron chi connectivity index (χ3n) is 5.01. The number of carbonyl (C=O) groups excluding carboxylic acids is 1. The van der Waals surface area contributed by atoms with Gasteiger partial charge in [0.2, 0.25) is 10.0 Å². The molecular weight excluding hydrogens is 360 g/mol. The van der Waals surface area contributed by atoms with Crippen molar-refractivity contribution in [2.24, 2.45) is 0 Å². The summed E-state index contributed by atoms with van der Waals surface area (Å²) < 4.78 is 25.9. The molecule has 1 fully saturated rings. The van der Waals surface area contributed by atoms with Gasteiger partial charge >= 0.3 is 0 Å². The molecule has 1 unspecified atom stereocenters. The molecule has 1 N–H and O–H groups in total. The van der Waals surface area contributed by atoms with E-state index in [4.69, 9.17) is 0 Å². The zero-order chi connectivity index (χ0) is 19.6. The van der Waals surface area contributed by atoms with E-state index in [1.165, 1.54) is 9.87 Å². The topological polar surface area (TPSA) is 66.5 Å². The molecule has 0 aromatic heterocycles. The zero-order valence-electron chi connectivity index (χ0n) is 16.0. The van der Waals surface area contributed by atoms with Crippen LogP contribution in [0, 0.1) is 13.8 Å². The highest BCUT2D eigenvalue weighted by atomic mass is 32.2. The molecule has 2 aromatic rings. The molecule has 1 saturated heterocycles. The molecule has 1 amide bonds. The summed E-state index contributed by atoms with van der Waals surface area (Å²) in [6.45, 7) is 6.55. The highest BCUT2D eigenvalue weighted by Gasteiger charge is 2.26. The molecule has 0 spiro atoms. The van der Waals surface area contributed by atoms with E-state index in [0.717, 1.165) is 17.5 Å². The van der Waals surface area contributed by atoms with Crippen molar-refractivity contribution in [2.45, 2.75) is 39.7 Å². The summed E-state index contributed by atoms with van der Waals surface area (Å²) in [7, 11) is -3.24. The Labute approximate surface area is 161 Å². The van der Waals surface area contributed by atoms with Crippen LogP contribution < -0.4 is 9.62 Å². The molecule has 1 aliphatic rings. The standard InChI is InChI=1S/C21H26N2O3S/c1-15-6-11-20(16(2)14-15)17(3)22-21(24)18-7-9-19(10-8-18)23-12-4-5-13-27(23,25)26/h6-11,14,17H,4-5,12-13H2,1-3H3,(H,22,24). The van der Waals surface area contributed by atoms with Gasteiger partial charge < -0.3 is 5.32 Å². The predicted molar refractivity (Wildman–Crippen MR) is 109 cm³/mol. The van der Waals surface area contributed by atoms with E-state index in [1.807, 2.05) is 32.9 Å². The number of hydrogen-bond acceptors (Lipinski definition) is 3. The number of anilines is 1. The number of carbonyl (C=O) groups is 1. The fourth-order valence-electron chi connectivity index (χ4n) is 3.53. The van der Waals surface area contributed by atoms with Crippen LogP contribution in [0.3, 0.4) is 0 Å². The highest BCUT2D eigenvalue weighted by molar-refractivity contribution is 7.92. The average Bonchev–Trinajstić information content (AvgIpc) is 2.61. The van der Waals surface area contributed by atoms with E-state index in [9.17, 15) is 13.2 Å². The van der Waals surface area contributed by atoms with Gasteiger partial charge in [0.15, 0.2) is 0 Å². The smallest absolute Gasteiger partial charge is 0.251 e. The van der Waals surface area contributed by atoms with E-state index >= 15 is 0 Å². The Kier molecular flexibility index (Phi) is 5.56. The van der Waals surface area contributed by atoms with Crippen molar-refractivity contribution in [1.29, 1.82) is 0 Å². The van der Waals surface area contributed by atoms with Crippen LogP contribution in [-0.2, 0) is 10.0 Å². The van der Waals surface area contributed by atoms with Crippen molar-refractivity contribution >= 4 is 21.6 Å². The Hall–Kier alpha value is -2.34. The second-order valence-electron chi connectivity index (χ2n) is 7.20. The van der Waals surface area contributed by atoms with Gasteiger partial charge in [-0.3, -0.25) is 9.10 Å². The van der Waals surface area contributed by atoms with Crippen LogP contribution in [0.5, 0.6) is 0 Å². The van der Waals surface area contributed by atoms with Crippen molar-refractivity contribution in [3.8, 4) is 0 Å². The SMILES string of the molecule is Cc1ccc(C(C)NC(=O)c2ccc(N3CCCCS3(=O)=O)cc2)c(C)c1. The van der Waals surface area contributed by atoms with Crippen molar-refractivity contribution in [3.05, 3.63) is 64.7 Å². The van der Waals surface area contributed by atoms with Crippen LogP contribution in [0.4, 0.5) is 5.69 Å². The third-order valence-corrected chi connectivity index (χ3v) is 6.88. The van der Waals surface area contributed by atoms with Crippen LogP contribution in [0.15, 0.2) is 42.5 Å². The second kappa shape index (κ2) is 7.72. The first kappa shape index (κ1) is 19.4. The molecule has 1 aliphatic heterocycles. The van der Waals surface area contributed by atoms with E-state index < -0.39 is 10.0 Å². The summed E-state index contributed by atoms with van der Waals surface area (Å²) in [6.07, 6.45) is 1.56. The normalized spacial score (nSPS) is 17.4. The van der Waals surface area contributed by atoms with Gasteiger partial charge in [-0.25, -0.2) is 8.42 Å². The number of nitrogens with zero attached hydrogens (tertiary/aromatic N) is 1. The molecule has 0 radical (unpaired) electrons. The summed E-state index contributed by atoms with van der Waals surface area (Å²) in [5, 5.41) is 3.02. The van der Waals surface area contributed by atoms with Crippen molar-refractivity contribution in [1.82, 2.24) is 5.32 Å². The molecule has 0 bridgehead atoms. The number of aryl methyl sites for hydroxylation is 2. The lowest BCUT2D eigenvalue weighted by atomic mass is 10.00. The summed E-state index contributed by atoms with van der Waals surface area (Å²) in [4.78, 5) is 12.6. The van der Waals surface area contributed by atoms with Crippen LogP contribution in [0.2, 0.25) is 0 Å². The van der Waals surface area contributed by atoms with Gasteiger partial charge in [0.05, 0.1) is 17.5 Å². The van der Waals surface area contributed by atoms with Crippen LogP contribution >= 0.6 is 0 Å². The lowest BCUT2D eigenvalue weighted by Gasteiger charge is -2.28. The Morgan fingerprint density at radius 3 is 2.41 bits per heavy atom. The van der Waals surface area contributed by atoms with Gasteiger partial charge in [0, 0.05) is 12.1 Å². The molecule has 5 nitrogen and oxygen atoms in total. The van der Waals surface area contributed by atoms with Gasteiger partial charge in [-0.15, -0.1) is 0 Å². The highest BCUT2D eigenvalue weighted by Crippen LogP contribution is 2.24. The zero-order valence-corrected chi connectivity index (χ0v) is 16.8. The van der Waals surface area contributed by atoms with Gasteiger partial charge in [-0.05, 0) is 69.0 Å². The molecule has 2 aromatic carbocycles. The molecule has 1 atom stereocenters. The Balaban J connectivity index is 1.72. The molecule has 0 aliphatic carbocycles. The van der Waals surface area contributed by atoms with Crippen molar-refractivity contribution < 1.29 is 13.2 Å². The fraction of sp³-hybridized carbons (Fsp3) is 0.381.